The van der Waals surface area contributed by atoms with Gasteiger partial charge in [0, 0.05) is 12.1 Å². The lowest BCUT2D eigenvalue weighted by atomic mass is 10.2. The molecule has 17 heavy (non-hydrogen) atoms. The predicted molar refractivity (Wildman–Crippen MR) is 57.4 cm³/mol. The Balaban J connectivity index is 2.08. The second kappa shape index (κ2) is 4.88. The van der Waals surface area contributed by atoms with Gasteiger partial charge in [-0.1, -0.05) is 0 Å². The molecule has 7 heteroatoms. The van der Waals surface area contributed by atoms with Gasteiger partial charge in [-0.2, -0.15) is 4.80 Å². The first-order valence-corrected chi connectivity index (χ1v) is 5.03. The van der Waals surface area contributed by atoms with Crippen molar-refractivity contribution in [2.45, 2.75) is 13.2 Å². The first-order chi connectivity index (χ1) is 8.19. The number of hydrogen-bond acceptors (Lipinski definition) is 5. The standard InChI is InChI=1S/C10H12FN5O/c1-16-14-10(13-15-16)6-17-9-3-2-8(11)4-7(9)5-12/h2-4H,5-6,12H2,1H3. The van der Waals surface area contributed by atoms with Crippen LogP contribution in [0.1, 0.15) is 11.4 Å². The van der Waals surface area contributed by atoms with Gasteiger partial charge in [0.15, 0.2) is 6.61 Å². The van der Waals surface area contributed by atoms with Crippen molar-refractivity contribution >= 4 is 0 Å². The quantitative estimate of drug-likeness (QED) is 0.832. The molecule has 0 fully saturated rings. The van der Waals surface area contributed by atoms with Crippen LogP contribution in [0.3, 0.4) is 0 Å². The minimum absolute atomic E-state index is 0.173. The Hall–Kier alpha value is -2.02. The van der Waals surface area contributed by atoms with E-state index in [2.05, 4.69) is 15.4 Å². The molecule has 0 unspecified atom stereocenters. The molecular weight excluding hydrogens is 225 g/mol. The highest BCUT2D eigenvalue weighted by Crippen LogP contribution is 2.19. The molecule has 0 aliphatic carbocycles. The van der Waals surface area contributed by atoms with Crippen molar-refractivity contribution in [2.75, 3.05) is 0 Å². The number of halogens is 1. The van der Waals surface area contributed by atoms with Crippen LogP contribution in [0.5, 0.6) is 5.75 Å². The molecule has 2 aromatic rings. The highest BCUT2D eigenvalue weighted by Gasteiger charge is 2.06. The van der Waals surface area contributed by atoms with E-state index in [0.717, 1.165) is 0 Å². The third-order valence-corrected chi connectivity index (χ3v) is 2.15. The fourth-order valence-corrected chi connectivity index (χ4v) is 1.37. The summed E-state index contributed by atoms with van der Waals surface area (Å²) in [5, 5.41) is 11.4. The molecule has 6 nitrogen and oxygen atoms in total. The number of tetrazole rings is 1. The van der Waals surface area contributed by atoms with Gasteiger partial charge in [-0.05, 0) is 23.4 Å². The number of aromatic nitrogens is 4. The number of rotatable bonds is 4. The van der Waals surface area contributed by atoms with E-state index >= 15 is 0 Å². The molecule has 0 radical (unpaired) electrons. The average Bonchev–Trinajstić information content (AvgIpc) is 2.73. The summed E-state index contributed by atoms with van der Waals surface area (Å²) in [5.41, 5.74) is 6.10. The first kappa shape index (κ1) is 11.5. The topological polar surface area (TPSA) is 78.8 Å². The normalized spacial score (nSPS) is 10.5. The zero-order valence-corrected chi connectivity index (χ0v) is 9.30. The number of hydrogen-bond donors (Lipinski definition) is 1. The largest absolute Gasteiger partial charge is 0.485 e. The van der Waals surface area contributed by atoms with Crippen molar-refractivity contribution in [1.82, 2.24) is 20.2 Å². The molecule has 0 saturated carbocycles. The molecule has 0 amide bonds. The summed E-state index contributed by atoms with van der Waals surface area (Å²) < 4.78 is 18.4. The molecule has 2 rings (SSSR count). The lowest BCUT2D eigenvalue weighted by Gasteiger charge is -2.08. The van der Waals surface area contributed by atoms with Gasteiger partial charge in [-0.3, -0.25) is 0 Å². The molecular formula is C10H12FN5O. The van der Waals surface area contributed by atoms with Crippen molar-refractivity contribution in [3.63, 3.8) is 0 Å². The van der Waals surface area contributed by atoms with E-state index in [1.807, 2.05) is 0 Å². The van der Waals surface area contributed by atoms with Crippen LogP contribution in [0.25, 0.3) is 0 Å². The Morgan fingerprint density at radius 3 is 2.94 bits per heavy atom. The maximum atomic E-state index is 13.0. The molecule has 0 aliphatic rings. The van der Waals surface area contributed by atoms with Crippen molar-refractivity contribution in [3.05, 3.63) is 35.4 Å². The van der Waals surface area contributed by atoms with E-state index in [1.165, 1.54) is 23.0 Å². The van der Waals surface area contributed by atoms with Gasteiger partial charge in [0.1, 0.15) is 11.6 Å². The minimum atomic E-state index is -0.338. The number of benzene rings is 1. The summed E-state index contributed by atoms with van der Waals surface area (Å²) >= 11 is 0. The van der Waals surface area contributed by atoms with Gasteiger partial charge in [0.2, 0.25) is 5.82 Å². The average molecular weight is 237 g/mol. The van der Waals surface area contributed by atoms with Crippen molar-refractivity contribution in [2.24, 2.45) is 12.8 Å². The molecule has 2 N–H and O–H groups in total. The van der Waals surface area contributed by atoms with Gasteiger partial charge in [0.25, 0.3) is 0 Å². The van der Waals surface area contributed by atoms with Crippen LogP contribution in [0.2, 0.25) is 0 Å². The van der Waals surface area contributed by atoms with Crippen molar-refractivity contribution in [1.29, 1.82) is 0 Å². The number of nitrogens with two attached hydrogens (primary N) is 1. The SMILES string of the molecule is Cn1nnc(COc2ccc(F)cc2CN)n1. The Bertz CT molecular complexity index is 513. The van der Waals surface area contributed by atoms with Crippen LogP contribution in [-0.4, -0.2) is 20.2 Å². The zero-order chi connectivity index (χ0) is 12.3. The summed E-state index contributed by atoms with van der Waals surface area (Å²) in [6.45, 7) is 0.382. The number of aryl methyl sites for hydroxylation is 1. The summed E-state index contributed by atoms with van der Waals surface area (Å²) in [7, 11) is 1.67. The maximum absolute atomic E-state index is 13.0. The van der Waals surface area contributed by atoms with E-state index in [9.17, 15) is 4.39 Å². The molecule has 90 valence electrons. The fourth-order valence-electron chi connectivity index (χ4n) is 1.37. The van der Waals surface area contributed by atoms with Crippen LogP contribution in [0.15, 0.2) is 18.2 Å². The van der Waals surface area contributed by atoms with E-state index in [4.69, 9.17) is 10.5 Å². The Morgan fingerprint density at radius 1 is 1.47 bits per heavy atom. The van der Waals surface area contributed by atoms with Gasteiger partial charge in [0.05, 0.1) is 7.05 Å². The third kappa shape index (κ3) is 2.76. The molecule has 1 heterocycles. The Kier molecular flexibility index (Phi) is 3.29. The summed E-state index contributed by atoms with van der Waals surface area (Å²) in [4.78, 5) is 1.34. The number of ether oxygens (including phenoxy) is 1. The van der Waals surface area contributed by atoms with Gasteiger partial charge < -0.3 is 10.5 Å². The van der Waals surface area contributed by atoms with E-state index in [1.54, 1.807) is 7.05 Å². The van der Waals surface area contributed by atoms with E-state index in [0.29, 0.717) is 17.1 Å². The Labute approximate surface area is 97.2 Å². The summed E-state index contributed by atoms with van der Waals surface area (Å²) in [5.74, 6) is 0.650. The van der Waals surface area contributed by atoms with Crippen LogP contribution >= 0.6 is 0 Å². The van der Waals surface area contributed by atoms with Crippen LogP contribution in [-0.2, 0) is 20.2 Å². The van der Waals surface area contributed by atoms with E-state index < -0.39 is 0 Å². The molecule has 0 spiro atoms. The van der Waals surface area contributed by atoms with Crippen molar-refractivity contribution < 1.29 is 9.13 Å². The second-order valence-corrected chi connectivity index (χ2v) is 3.44. The molecule has 0 bridgehead atoms. The van der Waals surface area contributed by atoms with Crippen LogP contribution < -0.4 is 10.5 Å². The van der Waals surface area contributed by atoms with Crippen LogP contribution in [0, 0.1) is 5.82 Å². The lowest BCUT2D eigenvalue weighted by molar-refractivity contribution is 0.292. The number of nitrogens with zero attached hydrogens (tertiary/aromatic N) is 4. The van der Waals surface area contributed by atoms with Crippen molar-refractivity contribution in [3.8, 4) is 5.75 Å². The zero-order valence-electron chi connectivity index (χ0n) is 9.30. The maximum Gasteiger partial charge on any atom is 0.212 e. The predicted octanol–water partition coefficient (Wildman–Crippen LogP) is 0.387. The Morgan fingerprint density at radius 2 is 2.29 bits per heavy atom. The highest BCUT2D eigenvalue weighted by atomic mass is 19.1. The molecule has 1 aromatic heterocycles. The first-order valence-electron chi connectivity index (χ1n) is 5.03. The van der Waals surface area contributed by atoms with Crippen LogP contribution in [0.4, 0.5) is 4.39 Å². The van der Waals surface area contributed by atoms with Gasteiger partial charge in [-0.15, -0.1) is 10.2 Å². The summed E-state index contributed by atoms with van der Waals surface area (Å²) in [6.07, 6.45) is 0. The second-order valence-electron chi connectivity index (χ2n) is 3.44. The smallest absolute Gasteiger partial charge is 0.212 e. The molecule has 0 atom stereocenters. The fraction of sp³-hybridized carbons (Fsp3) is 0.300. The molecule has 1 aromatic carbocycles. The third-order valence-electron chi connectivity index (χ3n) is 2.15. The lowest BCUT2D eigenvalue weighted by Crippen LogP contribution is -2.04. The minimum Gasteiger partial charge on any atom is -0.485 e. The molecule has 0 saturated heterocycles. The van der Waals surface area contributed by atoms with E-state index in [-0.39, 0.29) is 19.0 Å². The van der Waals surface area contributed by atoms with Gasteiger partial charge in [-0.25, -0.2) is 4.39 Å². The highest BCUT2D eigenvalue weighted by molar-refractivity contribution is 5.33. The monoisotopic (exact) mass is 237 g/mol. The summed E-state index contributed by atoms with van der Waals surface area (Å²) in [6, 6.07) is 4.20. The van der Waals surface area contributed by atoms with Gasteiger partial charge >= 0.3 is 0 Å². The molecule has 0 aliphatic heterocycles.